The number of aliphatic hydroxyl groups is 2. The lowest BCUT2D eigenvalue weighted by Gasteiger charge is -2.14. The average Bonchev–Trinajstić information content (AvgIpc) is 2.41. The third-order valence-corrected chi connectivity index (χ3v) is 2.75. The molecule has 0 heterocycles. The van der Waals surface area contributed by atoms with Gasteiger partial charge in [-0.05, 0) is 30.7 Å². The zero-order valence-corrected chi connectivity index (χ0v) is 10.5. The molecule has 0 radical (unpaired) electrons. The van der Waals surface area contributed by atoms with Crippen LogP contribution in [0.1, 0.15) is 24.2 Å². The molecule has 0 aromatic heterocycles. The fourth-order valence-electron chi connectivity index (χ4n) is 1.79. The van der Waals surface area contributed by atoms with Gasteiger partial charge in [-0.2, -0.15) is 0 Å². The Morgan fingerprint density at radius 2 is 1.95 bits per heavy atom. The number of rotatable bonds is 4. The number of halogens is 1. The molecule has 0 bridgehead atoms. The molecule has 3 nitrogen and oxygen atoms in total. The third-order valence-electron chi connectivity index (χ3n) is 2.75. The number of hydrogen-bond acceptors (Lipinski definition) is 3. The van der Waals surface area contributed by atoms with Crippen molar-refractivity contribution >= 4 is 0 Å². The van der Waals surface area contributed by atoms with E-state index in [0.717, 1.165) is 0 Å². The van der Waals surface area contributed by atoms with Crippen LogP contribution in [-0.4, -0.2) is 10.2 Å². The fraction of sp³-hybridized carbons (Fsp3) is 0.200. The Balaban J connectivity index is 2.37. The molecule has 0 amide bonds. The largest absolute Gasteiger partial charge is 0.454 e. The Kier molecular flexibility index (Phi) is 4.14. The lowest BCUT2D eigenvalue weighted by atomic mass is 10.1. The summed E-state index contributed by atoms with van der Waals surface area (Å²) in [6, 6.07) is 11.1. The van der Waals surface area contributed by atoms with Crippen LogP contribution in [0.25, 0.3) is 0 Å². The topological polar surface area (TPSA) is 49.7 Å². The first-order valence-corrected chi connectivity index (χ1v) is 5.96. The van der Waals surface area contributed by atoms with Crippen molar-refractivity contribution in [2.45, 2.75) is 19.6 Å². The van der Waals surface area contributed by atoms with Crippen molar-refractivity contribution in [3.8, 4) is 11.5 Å². The van der Waals surface area contributed by atoms with Crippen LogP contribution >= 0.6 is 0 Å². The lowest BCUT2D eigenvalue weighted by Crippen LogP contribution is -1.99. The summed E-state index contributed by atoms with van der Waals surface area (Å²) < 4.78 is 19.3. The summed E-state index contributed by atoms with van der Waals surface area (Å²) >= 11 is 0. The summed E-state index contributed by atoms with van der Waals surface area (Å²) in [4.78, 5) is 0. The van der Waals surface area contributed by atoms with Crippen molar-refractivity contribution in [3.63, 3.8) is 0 Å². The molecule has 0 aliphatic heterocycles. The Hall–Kier alpha value is -1.91. The van der Waals surface area contributed by atoms with Gasteiger partial charge in [-0.25, -0.2) is 4.39 Å². The van der Waals surface area contributed by atoms with Gasteiger partial charge in [0.25, 0.3) is 0 Å². The van der Waals surface area contributed by atoms with Crippen molar-refractivity contribution in [2.24, 2.45) is 0 Å². The number of para-hydroxylation sites is 1. The molecule has 0 fully saturated rings. The molecular formula is C15H15FO3. The molecule has 1 atom stereocenters. The van der Waals surface area contributed by atoms with Gasteiger partial charge in [0, 0.05) is 5.56 Å². The Morgan fingerprint density at radius 3 is 2.63 bits per heavy atom. The van der Waals surface area contributed by atoms with E-state index in [9.17, 15) is 9.50 Å². The second kappa shape index (κ2) is 5.82. The first kappa shape index (κ1) is 13.5. The average molecular weight is 262 g/mol. The zero-order chi connectivity index (χ0) is 13.8. The lowest BCUT2D eigenvalue weighted by molar-refractivity contribution is 0.194. The van der Waals surface area contributed by atoms with Gasteiger partial charge in [-0.1, -0.05) is 24.3 Å². The summed E-state index contributed by atoms with van der Waals surface area (Å²) in [7, 11) is 0. The maximum atomic E-state index is 13.8. The van der Waals surface area contributed by atoms with Crippen LogP contribution in [0.4, 0.5) is 4.39 Å². The minimum Gasteiger partial charge on any atom is -0.454 e. The minimum absolute atomic E-state index is 0.00703. The smallest absolute Gasteiger partial charge is 0.168 e. The van der Waals surface area contributed by atoms with Crippen LogP contribution in [0, 0.1) is 5.82 Å². The van der Waals surface area contributed by atoms with E-state index in [4.69, 9.17) is 9.84 Å². The van der Waals surface area contributed by atoms with E-state index in [0.29, 0.717) is 16.9 Å². The number of hydrogen-bond donors (Lipinski definition) is 2. The van der Waals surface area contributed by atoms with E-state index in [1.165, 1.54) is 12.1 Å². The van der Waals surface area contributed by atoms with E-state index in [-0.39, 0.29) is 12.4 Å². The Bertz CT molecular complexity index is 567. The summed E-state index contributed by atoms with van der Waals surface area (Å²) in [5, 5.41) is 18.7. The Morgan fingerprint density at radius 1 is 1.21 bits per heavy atom. The monoisotopic (exact) mass is 262 g/mol. The van der Waals surface area contributed by atoms with E-state index in [2.05, 4.69) is 0 Å². The second-order valence-electron chi connectivity index (χ2n) is 4.24. The van der Waals surface area contributed by atoms with Gasteiger partial charge in [-0.15, -0.1) is 0 Å². The summed E-state index contributed by atoms with van der Waals surface area (Å²) in [5.74, 6) is -0.112. The summed E-state index contributed by atoms with van der Waals surface area (Å²) in [6.07, 6.45) is -0.827. The molecule has 2 aromatic carbocycles. The molecular weight excluding hydrogens is 247 g/mol. The fourth-order valence-corrected chi connectivity index (χ4v) is 1.79. The first-order chi connectivity index (χ1) is 9.11. The van der Waals surface area contributed by atoms with Crippen LogP contribution in [0.3, 0.4) is 0 Å². The van der Waals surface area contributed by atoms with E-state index >= 15 is 0 Å². The number of ether oxygens (including phenoxy) is 1. The molecule has 0 saturated heterocycles. The highest BCUT2D eigenvalue weighted by atomic mass is 19.1. The predicted molar refractivity (Wildman–Crippen MR) is 69.5 cm³/mol. The summed E-state index contributed by atoms with van der Waals surface area (Å²) in [5.41, 5.74) is 1.06. The van der Waals surface area contributed by atoms with Crippen molar-refractivity contribution in [3.05, 3.63) is 59.4 Å². The molecule has 2 N–H and O–H groups in total. The molecule has 0 spiro atoms. The van der Waals surface area contributed by atoms with Crippen LogP contribution in [0.15, 0.2) is 42.5 Å². The Labute approximate surface area is 110 Å². The van der Waals surface area contributed by atoms with Gasteiger partial charge in [0.15, 0.2) is 11.6 Å². The number of aliphatic hydroxyl groups excluding tert-OH is 2. The van der Waals surface area contributed by atoms with Crippen molar-refractivity contribution in [1.29, 1.82) is 0 Å². The molecule has 0 aliphatic rings. The molecule has 0 unspecified atom stereocenters. The van der Waals surface area contributed by atoms with Crippen molar-refractivity contribution in [1.82, 2.24) is 0 Å². The predicted octanol–water partition coefficient (Wildman–Crippen LogP) is 3.16. The standard InChI is InChI=1S/C15H15FO3/c1-10(18)13-6-3-7-14(16)15(13)19-12-5-2-4-11(8-12)9-17/h2-8,10,17-18H,9H2,1H3/t10-/m1/s1. The second-order valence-corrected chi connectivity index (χ2v) is 4.24. The highest BCUT2D eigenvalue weighted by Gasteiger charge is 2.14. The van der Waals surface area contributed by atoms with E-state index in [1.54, 1.807) is 37.3 Å². The van der Waals surface area contributed by atoms with Crippen LogP contribution < -0.4 is 4.74 Å². The molecule has 0 aliphatic carbocycles. The van der Waals surface area contributed by atoms with Gasteiger partial charge in [-0.3, -0.25) is 0 Å². The highest BCUT2D eigenvalue weighted by Crippen LogP contribution is 2.32. The quantitative estimate of drug-likeness (QED) is 0.889. The van der Waals surface area contributed by atoms with E-state index in [1.807, 2.05) is 0 Å². The minimum atomic E-state index is -0.827. The number of benzene rings is 2. The SMILES string of the molecule is C[C@@H](O)c1cccc(F)c1Oc1cccc(CO)c1. The maximum Gasteiger partial charge on any atom is 0.168 e. The van der Waals surface area contributed by atoms with Crippen LogP contribution in [0.2, 0.25) is 0 Å². The van der Waals surface area contributed by atoms with Crippen LogP contribution in [-0.2, 0) is 6.61 Å². The molecule has 2 aromatic rings. The van der Waals surface area contributed by atoms with Gasteiger partial charge < -0.3 is 14.9 Å². The van der Waals surface area contributed by atoms with Crippen LogP contribution in [0.5, 0.6) is 11.5 Å². The zero-order valence-electron chi connectivity index (χ0n) is 10.5. The van der Waals surface area contributed by atoms with E-state index < -0.39 is 11.9 Å². The normalized spacial score (nSPS) is 12.2. The molecule has 2 rings (SSSR count). The molecule has 100 valence electrons. The molecule has 19 heavy (non-hydrogen) atoms. The first-order valence-electron chi connectivity index (χ1n) is 5.96. The van der Waals surface area contributed by atoms with Crippen molar-refractivity contribution in [2.75, 3.05) is 0 Å². The highest BCUT2D eigenvalue weighted by molar-refractivity contribution is 5.41. The van der Waals surface area contributed by atoms with Gasteiger partial charge in [0.05, 0.1) is 12.7 Å². The van der Waals surface area contributed by atoms with Gasteiger partial charge in [0.1, 0.15) is 5.75 Å². The van der Waals surface area contributed by atoms with Gasteiger partial charge in [0.2, 0.25) is 0 Å². The van der Waals surface area contributed by atoms with Crippen molar-refractivity contribution < 1.29 is 19.3 Å². The summed E-state index contributed by atoms with van der Waals surface area (Å²) in [6.45, 7) is 1.43. The molecule has 0 saturated carbocycles. The maximum absolute atomic E-state index is 13.8. The van der Waals surface area contributed by atoms with Gasteiger partial charge >= 0.3 is 0 Å². The third kappa shape index (κ3) is 3.10. The molecule has 4 heteroatoms.